The Morgan fingerprint density at radius 3 is 1.56 bits per heavy atom. The molecule has 0 bridgehead atoms. The molecule has 5 atom stereocenters. The molecule has 0 heterocycles. The number of carbonyl (C=O) groups is 4. The Morgan fingerprint density at radius 1 is 0.750 bits per heavy atom. The van der Waals surface area contributed by atoms with E-state index < -0.39 is 47.9 Å². The van der Waals surface area contributed by atoms with E-state index in [2.05, 4.69) is 16.0 Å². The summed E-state index contributed by atoms with van der Waals surface area (Å²) in [6, 6.07) is 14.3. The Hall–Kier alpha value is -3.72. The average Bonchev–Trinajstić information content (AvgIpc) is 2.86. The van der Waals surface area contributed by atoms with Crippen LogP contribution in [0.2, 0.25) is 0 Å². The summed E-state index contributed by atoms with van der Waals surface area (Å²) in [6.45, 7) is 5.09. The molecule has 2 aromatic carbocycles. The highest BCUT2D eigenvalue weighted by Crippen LogP contribution is 2.11. The first-order chi connectivity index (χ1) is 17.1. The SMILES string of the molecule is CCC(C)C(NC(=O)C(Cc1ccccc1)NC(=O)C(Cc1ccccc1)NC(=O)C(C)N)C(=O)O. The fourth-order valence-electron chi connectivity index (χ4n) is 3.63. The minimum absolute atomic E-state index is 0.143. The molecule has 194 valence electrons. The van der Waals surface area contributed by atoms with Crippen LogP contribution in [-0.4, -0.2) is 53.0 Å². The van der Waals surface area contributed by atoms with Crippen LogP contribution in [0, 0.1) is 5.92 Å². The van der Waals surface area contributed by atoms with Crippen LogP contribution >= 0.6 is 0 Å². The third-order valence-electron chi connectivity index (χ3n) is 6.02. The predicted molar refractivity (Wildman–Crippen MR) is 137 cm³/mol. The lowest BCUT2D eigenvalue weighted by Crippen LogP contribution is -2.58. The number of carboxylic acids is 1. The normalized spacial score (nSPS) is 15.0. The number of hydrogen-bond donors (Lipinski definition) is 5. The van der Waals surface area contributed by atoms with Gasteiger partial charge in [0.05, 0.1) is 6.04 Å². The Balaban J connectivity index is 2.29. The summed E-state index contributed by atoms with van der Waals surface area (Å²) in [5.74, 6) is -3.14. The molecule has 2 rings (SSSR count). The Labute approximate surface area is 211 Å². The molecule has 0 fully saturated rings. The van der Waals surface area contributed by atoms with Gasteiger partial charge in [0.15, 0.2) is 0 Å². The summed E-state index contributed by atoms with van der Waals surface area (Å²) in [7, 11) is 0. The number of carbonyl (C=O) groups excluding carboxylic acids is 3. The van der Waals surface area contributed by atoms with Crippen molar-refractivity contribution in [1.82, 2.24) is 16.0 Å². The third kappa shape index (κ3) is 8.81. The molecule has 3 amide bonds. The van der Waals surface area contributed by atoms with Crippen LogP contribution in [0.3, 0.4) is 0 Å². The molecule has 0 radical (unpaired) electrons. The second-order valence-electron chi connectivity index (χ2n) is 9.00. The van der Waals surface area contributed by atoms with Crippen molar-refractivity contribution in [2.75, 3.05) is 0 Å². The minimum Gasteiger partial charge on any atom is -0.480 e. The lowest BCUT2D eigenvalue weighted by atomic mass is 9.97. The maximum atomic E-state index is 13.4. The van der Waals surface area contributed by atoms with Crippen molar-refractivity contribution in [1.29, 1.82) is 0 Å². The number of amides is 3. The average molecular weight is 497 g/mol. The highest BCUT2D eigenvalue weighted by molar-refractivity contribution is 5.94. The largest absolute Gasteiger partial charge is 0.480 e. The second-order valence-corrected chi connectivity index (χ2v) is 9.00. The van der Waals surface area contributed by atoms with Crippen LogP contribution in [0.4, 0.5) is 0 Å². The fourth-order valence-corrected chi connectivity index (χ4v) is 3.63. The molecule has 0 aliphatic heterocycles. The van der Waals surface area contributed by atoms with Gasteiger partial charge in [0, 0.05) is 12.8 Å². The van der Waals surface area contributed by atoms with Crippen LogP contribution in [0.5, 0.6) is 0 Å². The number of rotatable bonds is 13. The number of benzene rings is 2. The quantitative estimate of drug-likeness (QED) is 0.283. The molecular weight excluding hydrogens is 460 g/mol. The Kier molecular flexibility index (Phi) is 11.1. The monoisotopic (exact) mass is 496 g/mol. The molecule has 0 saturated heterocycles. The summed E-state index contributed by atoms with van der Waals surface area (Å²) in [6.07, 6.45) is 0.884. The van der Waals surface area contributed by atoms with Gasteiger partial charge in [-0.05, 0) is 24.0 Å². The van der Waals surface area contributed by atoms with Crippen molar-refractivity contribution < 1.29 is 24.3 Å². The van der Waals surface area contributed by atoms with Gasteiger partial charge in [-0.2, -0.15) is 0 Å². The minimum atomic E-state index is -1.14. The second kappa shape index (κ2) is 14.0. The maximum absolute atomic E-state index is 13.4. The van der Waals surface area contributed by atoms with E-state index in [1.54, 1.807) is 6.92 Å². The van der Waals surface area contributed by atoms with Crippen molar-refractivity contribution in [2.45, 2.75) is 64.2 Å². The molecule has 9 heteroatoms. The van der Waals surface area contributed by atoms with E-state index >= 15 is 0 Å². The van der Waals surface area contributed by atoms with Gasteiger partial charge in [-0.15, -0.1) is 0 Å². The molecule has 5 unspecified atom stereocenters. The van der Waals surface area contributed by atoms with Gasteiger partial charge in [0.25, 0.3) is 0 Å². The smallest absolute Gasteiger partial charge is 0.326 e. The molecule has 0 aliphatic carbocycles. The molecule has 6 N–H and O–H groups in total. The fraction of sp³-hybridized carbons (Fsp3) is 0.407. The van der Waals surface area contributed by atoms with Crippen LogP contribution in [0.25, 0.3) is 0 Å². The first-order valence-corrected chi connectivity index (χ1v) is 12.1. The van der Waals surface area contributed by atoms with Crippen LogP contribution in [0.15, 0.2) is 60.7 Å². The van der Waals surface area contributed by atoms with Gasteiger partial charge >= 0.3 is 5.97 Å². The number of hydrogen-bond acceptors (Lipinski definition) is 5. The van der Waals surface area contributed by atoms with E-state index in [0.29, 0.717) is 6.42 Å². The summed E-state index contributed by atoms with van der Waals surface area (Å²) < 4.78 is 0. The summed E-state index contributed by atoms with van der Waals surface area (Å²) in [5.41, 5.74) is 7.29. The summed E-state index contributed by atoms with van der Waals surface area (Å²) in [5, 5.41) is 17.6. The van der Waals surface area contributed by atoms with Gasteiger partial charge in [-0.3, -0.25) is 14.4 Å². The molecule has 0 aromatic heterocycles. The van der Waals surface area contributed by atoms with Gasteiger partial charge < -0.3 is 26.8 Å². The maximum Gasteiger partial charge on any atom is 0.326 e. The molecule has 0 aliphatic rings. The zero-order valence-electron chi connectivity index (χ0n) is 20.9. The molecule has 0 spiro atoms. The molecule has 0 saturated carbocycles. The summed E-state index contributed by atoms with van der Waals surface area (Å²) >= 11 is 0. The number of nitrogens with two attached hydrogens (primary N) is 1. The molecule has 2 aromatic rings. The van der Waals surface area contributed by atoms with Crippen LogP contribution < -0.4 is 21.7 Å². The molecule has 36 heavy (non-hydrogen) atoms. The van der Waals surface area contributed by atoms with Gasteiger partial charge in [-0.25, -0.2) is 4.79 Å². The van der Waals surface area contributed by atoms with Crippen molar-refractivity contribution >= 4 is 23.7 Å². The number of nitrogens with one attached hydrogen (secondary N) is 3. The zero-order valence-corrected chi connectivity index (χ0v) is 20.9. The lowest BCUT2D eigenvalue weighted by Gasteiger charge is -2.26. The van der Waals surface area contributed by atoms with E-state index in [1.165, 1.54) is 6.92 Å². The van der Waals surface area contributed by atoms with Crippen LogP contribution in [0.1, 0.15) is 38.3 Å². The first kappa shape index (κ1) is 28.5. The van der Waals surface area contributed by atoms with E-state index in [0.717, 1.165) is 11.1 Å². The predicted octanol–water partition coefficient (Wildman–Crippen LogP) is 1.40. The van der Waals surface area contributed by atoms with Crippen molar-refractivity contribution in [3.05, 3.63) is 71.8 Å². The lowest BCUT2D eigenvalue weighted by molar-refractivity contribution is -0.143. The van der Waals surface area contributed by atoms with E-state index in [9.17, 15) is 24.3 Å². The van der Waals surface area contributed by atoms with Crippen molar-refractivity contribution in [2.24, 2.45) is 11.7 Å². The highest BCUT2D eigenvalue weighted by Gasteiger charge is 2.32. The van der Waals surface area contributed by atoms with Crippen LogP contribution in [-0.2, 0) is 32.0 Å². The van der Waals surface area contributed by atoms with E-state index in [1.807, 2.05) is 67.6 Å². The Morgan fingerprint density at radius 2 is 1.17 bits per heavy atom. The number of aliphatic carboxylic acids is 1. The van der Waals surface area contributed by atoms with Gasteiger partial charge in [-0.1, -0.05) is 80.9 Å². The first-order valence-electron chi connectivity index (χ1n) is 12.1. The topological polar surface area (TPSA) is 151 Å². The van der Waals surface area contributed by atoms with Gasteiger partial charge in [0.1, 0.15) is 18.1 Å². The molecular formula is C27H36N4O5. The summed E-state index contributed by atoms with van der Waals surface area (Å²) in [4.78, 5) is 50.7. The van der Waals surface area contributed by atoms with E-state index in [4.69, 9.17) is 5.73 Å². The highest BCUT2D eigenvalue weighted by atomic mass is 16.4. The Bertz CT molecular complexity index is 1010. The van der Waals surface area contributed by atoms with E-state index in [-0.39, 0.29) is 18.8 Å². The van der Waals surface area contributed by atoms with Crippen molar-refractivity contribution in [3.8, 4) is 0 Å². The zero-order chi connectivity index (χ0) is 26.7. The van der Waals surface area contributed by atoms with Crippen molar-refractivity contribution in [3.63, 3.8) is 0 Å². The molecule has 9 nitrogen and oxygen atoms in total. The standard InChI is InChI=1S/C27H36N4O5/c1-4-17(2)23(27(35)36)31-26(34)22(16-20-13-9-6-10-14-20)30-25(33)21(29-24(32)18(3)28)15-19-11-7-5-8-12-19/h5-14,17-18,21-23H,4,15-16,28H2,1-3H3,(H,29,32)(H,30,33)(H,31,34)(H,35,36). The van der Waals surface area contributed by atoms with Gasteiger partial charge in [0.2, 0.25) is 17.7 Å². The third-order valence-corrected chi connectivity index (χ3v) is 6.02. The number of carboxylic acid groups (broad SMARTS) is 1.